The molecule has 4 saturated heterocycles. The number of methoxy groups -OCH3 is 1. The van der Waals surface area contributed by atoms with Crippen molar-refractivity contribution in [3.8, 4) is 0 Å². The summed E-state index contributed by atoms with van der Waals surface area (Å²) in [6.45, 7) is -0.883. The minimum Gasteiger partial charge on any atom is -0.382 e. The highest BCUT2D eigenvalue weighted by molar-refractivity contribution is 7.84. The summed E-state index contributed by atoms with van der Waals surface area (Å²) in [4.78, 5) is 46.1. The molecule has 10 atom stereocenters. The van der Waals surface area contributed by atoms with Gasteiger partial charge in [-0.15, -0.1) is 0 Å². The zero-order chi connectivity index (χ0) is 32.8. The van der Waals surface area contributed by atoms with Crippen LogP contribution in [0.1, 0.15) is 12.5 Å². The summed E-state index contributed by atoms with van der Waals surface area (Å²) in [5, 5.41) is 0. The van der Waals surface area contributed by atoms with Crippen LogP contribution in [0, 0.1) is 0 Å². The van der Waals surface area contributed by atoms with Crippen LogP contribution in [-0.4, -0.2) is 115 Å². The molecule has 4 aromatic heterocycles. The first-order chi connectivity index (χ1) is 22.4. The van der Waals surface area contributed by atoms with E-state index in [9.17, 15) is 22.7 Å². The fraction of sp³-hybridized carbons (Fsp3) is 0.545. The molecule has 47 heavy (non-hydrogen) atoms. The minimum atomic E-state index is -4.92. The zero-order valence-corrected chi connectivity index (χ0v) is 25.6. The van der Waals surface area contributed by atoms with E-state index in [4.69, 9.17) is 43.6 Å². The van der Waals surface area contributed by atoms with Gasteiger partial charge in [0.15, 0.2) is 41.2 Å². The van der Waals surface area contributed by atoms with E-state index in [1.165, 1.54) is 35.2 Å². The van der Waals surface area contributed by atoms with E-state index >= 15 is 0 Å². The molecule has 10 unspecified atom stereocenters. The Labute approximate surface area is 262 Å². The van der Waals surface area contributed by atoms with Crippen molar-refractivity contribution in [3.63, 3.8) is 0 Å². The van der Waals surface area contributed by atoms with Crippen LogP contribution in [0.4, 0.5) is 11.8 Å². The number of hydrogen-bond acceptors (Lipinski definition) is 18. The summed E-state index contributed by atoms with van der Waals surface area (Å²) in [6, 6.07) is -1.20. The van der Waals surface area contributed by atoms with Crippen molar-refractivity contribution in [2.75, 3.05) is 31.8 Å². The van der Waals surface area contributed by atoms with E-state index in [1.54, 1.807) is 0 Å². The standard InChI is InChI=1S/C22H26N11O12PS/c1-39-12-8-3-41-46(35,36)44-13-11-7(2-40-14(13)20(43-11)32-5-27-9-16(23)25-4-26-17(9)32)31-47(37,38)45-15(12)21(42-8)33-6-28-10-18(33)29-22(24)30-19(10)34/h4-8,11-15,20-21,31H,2-3H2,1H3,(H,35,36)(H2,23,25,26)(H3,24,29,30,34). The van der Waals surface area contributed by atoms with Crippen LogP contribution in [0.25, 0.3) is 22.3 Å². The maximum atomic E-state index is 13.6. The van der Waals surface area contributed by atoms with Crippen LogP contribution in [-0.2, 0) is 47.0 Å². The smallest absolute Gasteiger partial charge is 0.382 e. The number of phosphoric ester groups is 1. The molecule has 23 nitrogen and oxygen atoms in total. The van der Waals surface area contributed by atoms with Crippen LogP contribution in [0.5, 0.6) is 0 Å². The van der Waals surface area contributed by atoms with Crippen molar-refractivity contribution >= 4 is 52.2 Å². The average Bonchev–Trinajstić information content (AvgIpc) is 3.75. The molecule has 4 fully saturated rings. The fourth-order valence-corrected chi connectivity index (χ4v) is 8.34. The molecule has 7 N–H and O–H groups in total. The third kappa shape index (κ3) is 5.08. The van der Waals surface area contributed by atoms with Crippen LogP contribution in [0.2, 0.25) is 0 Å². The first kappa shape index (κ1) is 30.6. The van der Waals surface area contributed by atoms with E-state index in [0.717, 1.165) is 0 Å². The van der Waals surface area contributed by atoms with Gasteiger partial charge < -0.3 is 35.3 Å². The van der Waals surface area contributed by atoms with Gasteiger partial charge in [-0.3, -0.25) is 28.0 Å². The minimum absolute atomic E-state index is 0.0528. The molecule has 25 heteroatoms. The van der Waals surface area contributed by atoms with E-state index < -0.39 is 85.4 Å². The van der Waals surface area contributed by atoms with Crippen LogP contribution in [0.15, 0.2) is 23.8 Å². The summed E-state index contributed by atoms with van der Waals surface area (Å²) >= 11 is 0. The third-order valence-electron chi connectivity index (χ3n) is 8.22. The lowest BCUT2D eigenvalue weighted by Crippen LogP contribution is -2.56. The number of phosphoric acid groups is 1. The maximum absolute atomic E-state index is 13.6. The zero-order valence-electron chi connectivity index (χ0n) is 23.9. The molecule has 4 aliphatic heterocycles. The Hall–Kier alpha value is -3.68. The van der Waals surface area contributed by atoms with Crippen molar-refractivity contribution in [3.05, 3.63) is 29.3 Å². The van der Waals surface area contributed by atoms with Gasteiger partial charge in [-0.25, -0.2) is 28.7 Å². The Morgan fingerprint density at radius 1 is 1.00 bits per heavy atom. The number of hydrogen-bond donors (Lipinski definition) is 5. The highest BCUT2D eigenvalue weighted by Crippen LogP contribution is 2.52. The molecule has 252 valence electrons. The molecule has 4 aliphatic rings. The van der Waals surface area contributed by atoms with Gasteiger partial charge in [0.05, 0.1) is 31.9 Å². The Kier molecular flexibility index (Phi) is 7.12. The summed E-state index contributed by atoms with van der Waals surface area (Å²) in [6.07, 6.45) is -6.09. The SMILES string of the molecule is COC1C2COP(=O)(O)OC3C4OC(n5cnc6c(N)ncnc65)C3OCC4NS(=O)(=O)OC1C(n1cnc3c(=O)[nH]c(N)nc31)O2. The van der Waals surface area contributed by atoms with Gasteiger partial charge in [0.1, 0.15) is 42.4 Å². The second-order valence-corrected chi connectivity index (χ2v) is 13.7. The van der Waals surface area contributed by atoms with Gasteiger partial charge in [0.2, 0.25) is 5.95 Å². The lowest BCUT2D eigenvalue weighted by Gasteiger charge is -2.35. The number of nitrogens with two attached hydrogens (primary N) is 2. The van der Waals surface area contributed by atoms with Gasteiger partial charge in [0.25, 0.3) is 5.56 Å². The number of rotatable bonds is 3. The van der Waals surface area contributed by atoms with Crippen molar-refractivity contribution in [2.45, 2.75) is 55.1 Å². The van der Waals surface area contributed by atoms with Gasteiger partial charge in [0, 0.05) is 7.11 Å². The number of nitrogens with zero attached hydrogens (tertiary/aromatic N) is 7. The van der Waals surface area contributed by atoms with E-state index in [1.807, 2.05) is 0 Å². The topological polar surface area (TPSA) is 307 Å². The number of aromatic nitrogens is 8. The number of anilines is 2. The summed E-state index contributed by atoms with van der Waals surface area (Å²) < 4.78 is 86.1. The molecule has 0 aromatic carbocycles. The average molecular weight is 700 g/mol. The summed E-state index contributed by atoms with van der Waals surface area (Å²) in [5.41, 5.74) is 11.4. The van der Waals surface area contributed by atoms with Crippen LogP contribution in [0.3, 0.4) is 0 Å². The number of imidazole rings is 2. The second kappa shape index (κ2) is 10.9. The quantitative estimate of drug-likeness (QED) is 0.137. The van der Waals surface area contributed by atoms with E-state index in [-0.39, 0.29) is 40.7 Å². The number of nitrogen functional groups attached to an aromatic ring is 2. The largest absolute Gasteiger partial charge is 0.472 e. The first-order valence-corrected chi connectivity index (χ1v) is 16.8. The van der Waals surface area contributed by atoms with Crippen LogP contribution >= 0.6 is 7.82 Å². The van der Waals surface area contributed by atoms with Gasteiger partial charge in [-0.1, -0.05) is 0 Å². The maximum Gasteiger partial charge on any atom is 0.472 e. The summed E-state index contributed by atoms with van der Waals surface area (Å²) in [5.74, 6) is -0.134. The van der Waals surface area contributed by atoms with Crippen LogP contribution < -0.4 is 21.7 Å². The lowest BCUT2D eigenvalue weighted by atomic mass is 10.0. The molecular weight excluding hydrogens is 673 g/mol. The highest BCUT2D eigenvalue weighted by Gasteiger charge is 2.58. The number of fused-ring (bicyclic) bond motifs is 4. The second-order valence-electron chi connectivity index (χ2n) is 11.0. The lowest BCUT2D eigenvalue weighted by molar-refractivity contribution is -0.0855. The predicted molar refractivity (Wildman–Crippen MR) is 152 cm³/mol. The molecule has 0 saturated carbocycles. The van der Waals surface area contributed by atoms with Crippen molar-refractivity contribution in [2.24, 2.45) is 0 Å². The number of nitrogens with one attached hydrogen (secondary N) is 2. The summed E-state index contributed by atoms with van der Waals surface area (Å²) in [7, 11) is -8.38. The van der Waals surface area contributed by atoms with Crippen molar-refractivity contribution in [1.29, 1.82) is 0 Å². The van der Waals surface area contributed by atoms with Gasteiger partial charge in [-0.05, 0) is 0 Å². The fourth-order valence-electron chi connectivity index (χ4n) is 6.27. The van der Waals surface area contributed by atoms with Gasteiger partial charge in [-0.2, -0.15) is 18.1 Å². The molecule has 8 heterocycles. The predicted octanol–water partition coefficient (Wildman–Crippen LogP) is -2.56. The molecule has 0 aliphatic carbocycles. The van der Waals surface area contributed by atoms with Crippen molar-refractivity contribution in [1.82, 2.24) is 43.8 Å². The molecule has 0 amide bonds. The number of ether oxygens (including phenoxy) is 4. The monoisotopic (exact) mass is 699 g/mol. The molecule has 0 radical (unpaired) electrons. The molecule has 4 aromatic rings. The highest BCUT2D eigenvalue weighted by atomic mass is 32.2. The van der Waals surface area contributed by atoms with Crippen molar-refractivity contribution < 1.29 is 50.1 Å². The Balaban J connectivity index is 1.16. The molecule has 0 spiro atoms. The number of H-pyrrole nitrogens is 1. The van der Waals surface area contributed by atoms with E-state index in [0.29, 0.717) is 0 Å². The van der Waals surface area contributed by atoms with E-state index in [2.05, 4.69) is 34.6 Å². The normalized spacial score (nSPS) is 37.0. The Morgan fingerprint density at radius 3 is 2.53 bits per heavy atom. The third-order valence-corrected chi connectivity index (χ3v) is 10.3. The Bertz CT molecular complexity index is 2090. The first-order valence-electron chi connectivity index (χ1n) is 13.9. The molecule has 6 bridgehead atoms. The Morgan fingerprint density at radius 2 is 1.74 bits per heavy atom. The molecule has 8 rings (SSSR count). The van der Waals surface area contributed by atoms with Gasteiger partial charge >= 0.3 is 18.1 Å². The molecular formula is C22H26N11O12PS. The number of aromatic amines is 1.